The van der Waals surface area contributed by atoms with Crippen molar-refractivity contribution in [3.63, 3.8) is 0 Å². The van der Waals surface area contributed by atoms with Crippen LogP contribution in [0.3, 0.4) is 0 Å². The molecular formula is C4H13CdN3. The van der Waals surface area contributed by atoms with E-state index >= 15 is 0 Å². The second-order valence-electron chi connectivity index (χ2n) is 1.33. The van der Waals surface area contributed by atoms with Crippen molar-refractivity contribution in [2.24, 2.45) is 11.5 Å². The van der Waals surface area contributed by atoms with Crippen LogP contribution >= 0.6 is 0 Å². The van der Waals surface area contributed by atoms with Gasteiger partial charge in [-0.2, -0.15) is 0 Å². The summed E-state index contributed by atoms with van der Waals surface area (Å²) in [5, 5.41) is 3.03. The molecule has 0 rings (SSSR count). The van der Waals surface area contributed by atoms with Gasteiger partial charge in [-0.3, -0.25) is 0 Å². The van der Waals surface area contributed by atoms with Gasteiger partial charge in [0.15, 0.2) is 0 Å². The van der Waals surface area contributed by atoms with Crippen molar-refractivity contribution in [1.29, 1.82) is 0 Å². The van der Waals surface area contributed by atoms with Crippen molar-refractivity contribution in [1.82, 2.24) is 5.32 Å². The van der Waals surface area contributed by atoms with E-state index in [1.54, 1.807) is 0 Å². The van der Waals surface area contributed by atoms with Crippen LogP contribution in [0.15, 0.2) is 0 Å². The normalized spacial score (nSPS) is 8.25. The molecule has 46 valence electrons. The molecule has 0 aliphatic rings. The topological polar surface area (TPSA) is 64.1 Å². The molecular weight excluding hydrogens is 202 g/mol. The van der Waals surface area contributed by atoms with Crippen LogP contribution < -0.4 is 16.8 Å². The Morgan fingerprint density at radius 3 is 1.62 bits per heavy atom. The molecule has 0 amide bonds. The molecule has 0 spiro atoms. The van der Waals surface area contributed by atoms with Crippen LogP contribution in [-0.4, -0.2) is 26.2 Å². The van der Waals surface area contributed by atoms with Gasteiger partial charge in [0.1, 0.15) is 0 Å². The zero-order valence-corrected chi connectivity index (χ0v) is 9.23. The molecule has 8 heavy (non-hydrogen) atoms. The first-order valence-electron chi connectivity index (χ1n) is 2.52. The molecule has 0 unspecified atom stereocenters. The van der Waals surface area contributed by atoms with Crippen molar-refractivity contribution in [2.75, 3.05) is 26.2 Å². The molecule has 0 aliphatic heterocycles. The Morgan fingerprint density at radius 1 is 1.00 bits per heavy atom. The maximum absolute atomic E-state index is 5.17. The van der Waals surface area contributed by atoms with E-state index < -0.39 is 0 Å². The first kappa shape index (κ1) is 11.6. The minimum absolute atomic E-state index is 0. The summed E-state index contributed by atoms with van der Waals surface area (Å²) in [5.41, 5.74) is 10.3. The van der Waals surface area contributed by atoms with Gasteiger partial charge in [0, 0.05) is 53.5 Å². The van der Waals surface area contributed by atoms with E-state index in [-0.39, 0.29) is 27.3 Å². The third-order valence-electron chi connectivity index (χ3n) is 0.642. The Kier molecular flexibility index (Phi) is 15.5. The maximum atomic E-state index is 5.17. The number of hydrogen-bond donors (Lipinski definition) is 3. The van der Waals surface area contributed by atoms with Crippen LogP contribution in [0.1, 0.15) is 0 Å². The number of nitrogens with one attached hydrogen (secondary N) is 1. The molecule has 0 atom stereocenters. The van der Waals surface area contributed by atoms with Crippen molar-refractivity contribution in [3.05, 3.63) is 0 Å². The predicted octanol–water partition coefficient (Wildman–Crippen LogP) is -1.51. The third-order valence-corrected chi connectivity index (χ3v) is 0.642. The summed E-state index contributed by atoms with van der Waals surface area (Å²) in [5.74, 6) is 0. The molecule has 5 N–H and O–H groups in total. The Hall–Kier alpha value is 0.802. The fourth-order valence-electron chi connectivity index (χ4n) is 0.329. The molecule has 0 saturated carbocycles. The van der Waals surface area contributed by atoms with Crippen LogP contribution in [0.4, 0.5) is 0 Å². The van der Waals surface area contributed by atoms with Crippen LogP contribution in [-0.2, 0) is 27.3 Å². The Labute approximate surface area is 70.3 Å². The summed E-state index contributed by atoms with van der Waals surface area (Å²) in [6.07, 6.45) is 0. The fourth-order valence-corrected chi connectivity index (χ4v) is 0.329. The minimum atomic E-state index is 0. The predicted molar refractivity (Wildman–Crippen MR) is 31.0 cm³/mol. The quantitative estimate of drug-likeness (QED) is 0.395. The molecule has 0 heterocycles. The summed E-state index contributed by atoms with van der Waals surface area (Å²) in [6.45, 7) is 3.13. The smallest absolute Gasteiger partial charge is 0.00750 e. The Balaban J connectivity index is 0. The fraction of sp³-hybridized carbons (Fsp3) is 1.00. The van der Waals surface area contributed by atoms with Crippen molar-refractivity contribution < 1.29 is 27.3 Å². The van der Waals surface area contributed by atoms with E-state index in [2.05, 4.69) is 5.32 Å². The second kappa shape index (κ2) is 10.7. The van der Waals surface area contributed by atoms with Crippen molar-refractivity contribution >= 4 is 0 Å². The molecule has 0 bridgehead atoms. The second-order valence-corrected chi connectivity index (χ2v) is 1.33. The zero-order chi connectivity index (χ0) is 5.54. The Bertz CT molecular complexity index is 30.5. The molecule has 0 aliphatic carbocycles. The van der Waals surface area contributed by atoms with Gasteiger partial charge in [0.2, 0.25) is 0 Å². The van der Waals surface area contributed by atoms with E-state index in [0.29, 0.717) is 13.1 Å². The molecule has 0 aromatic heterocycles. The van der Waals surface area contributed by atoms with Crippen molar-refractivity contribution in [3.8, 4) is 0 Å². The molecule has 0 aromatic carbocycles. The van der Waals surface area contributed by atoms with Crippen LogP contribution in [0.25, 0.3) is 0 Å². The van der Waals surface area contributed by atoms with Gasteiger partial charge < -0.3 is 16.8 Å². The van der Waals surface area contributed by atoms with Gasteiger partial charge in [-0.1, -0.05) is 0 Å². The summed E-state index contributed by atoms with van der Waals surface area (Å²) >= 11 is 0. The molecule has 0 aromatic rings. The molecule has 0 saturated heterocycles. The van der Waals surface area contributed by atoms with E-state index in [9.17, 15) is 0 Å². The zero-order valence-electron chi connectivity index (χ0n) is 5.19. The summed E-state index contributed by atoms with van der Waals surface area (Å²) in [6, 6.07) is 0. The van der Waals surface area contributed by atoms with Crippen LogP contribution in [0, 0.1) is 0 Å². The molecule has 3 nitrogen and oxygen atoms in total. The van der Waals surface area contributed by atoms with Gasteiger partial charge >= 0.3 is 0 Å². The third kappa shape index (κ3) is 9.93. The van der Waals surface area contributed by atoms with Crippen molar-refractivity contribution in [2.45, 2.75) is 0 Å². The van der Waals surface area contributed by atoms with Crippen LogP contribution in [0.2, 0.25) is 0 Å². The van der Waals surface area contributed by atoms with E-state index in [0.717, 1.165) is 13.1 Å². The monoisotopic (exact) mass is 217 g/mol. The molecule has 4 heteroatoms. The summed E-state index contributed by atoms with van der Waals surface area (Å²) in [4.78, 5) is 0. The SMILES string of the molecule is NCCNCCN.[Cd]. The largest absolute Gasteiger partial charge is 0.329 e. The molecule has 0 radical (unpaired) electrons. The average Bonchev–Trinajstić information content (AvgIpc) is 1.69. The number of rotatable bonds is 4. The van der Waals surface area contributed by atoms with Crippen LogP contribution in [0.5, 0.6) is 0 Å². The molecule has 0 fully saturated rings. The van der Waals surface area contributed by atoms with E-state index in [1.165, 1.54) is 0 Å². The summed E-state index contributed by atoms with van der Waals surface area (Å²) in [7, 11) is 0. The van der Waals surface area contributed by atoms with Gasteiger partial charge in [-0.25, -0.2) is 0 Å². The van der Waals surface area contributed by atoms with Gasteiger partial charge in [-0.15, -0.1) is 0 Å². The van der Waals surface area contributed by atoms with Gasteiger partial charge in [-0.05, 0) is 0 Å². The number of nitrogens with two attached hydrogens (primary N) is 2. The van der Waals surface area contributed by atoms with Gasteiger partial charge in [0.25, 0.3) is 0 Å². The minimum Gasteiger partial charge on any atom is -0.329 e. The Morgan fingerprint density at radius 2 is 1.38 bits per heavy atom. The van der Waals surface area contributed by atoms with E-state index in [1.807, 2.05) is 0 Å². The van der Waals surface area contributed by atoms with Gasteiger partial charge in [0.05, 0.1) is 0 Å². The standard InChI is InChI=1S/C4H13N3.Cd/c5-1-3-7-4-2-6;/h7H,1-6H2;. The maximum Gasteiger partial charge on any atom is 0.00750 e. The van der Waals surface area contributed by atoms with E-state index in [4.69, 9.17) is 11.5 Å². The number of hydrogen-bond acceptors (Lipinski definition) is 3. The first-order chi connectivity index (χ1) is 3.41. The average molecular weight is 216 g/mol. The summed E-state index contributed by atoms with van der Waals surface area (Å²) < 4.78 is 0. The first-order valence-corrected chi connectivity index (χ1v) is 2.52.